The average Bonchev–Trinajstić information content (AvgIpc) is 3.72. The van der Waals surface area contributed by atoms with Crippen molar-refractivity contribution in [2.24, 2.45) is 0 Å². The number of hydrogen-bond donors (Lipinski definition) is 1. The molecule has 1 aliphatic carbocycles. The van der Waals surface area contributed by atoms with Crippen LogP contribution in [0.15, 0.2) is 53.7 Å². The third-order valence-corrected chi connectivity index (χ3v) is 8.95. The van der Waals surface area contributed by atoms with Crippen LogP contribution < -0.4 is 10.3 Å². The quantitative estimate of drug-likeness (QED) is 0.147. The Morgan fingerprint density at radius 3 is 2.47 bits per heavy atom. The van der Waals surface area contributed by atoms with Crippen LogP contribution in [0.1, 0.15) is 57.4 Å². The fraction of sp³-hybridized carbons (Fsp3) is 0.290. The zero-order valence-electron chi connectivity index (χ0n) is 23.7. The molecule has 1 saturated heterocycles. The van der Waals surface area contributed by atoms with Gasteiger partial charge in [0.25, 0.3) is 11.5 Å². The summed E-state index contributed by atoms with van der Waals surface area (Å²) in [6.07, 6.45) is -0.267. The second-order valence-corrected chi connectivity index (χ2v) is 12.1. The normalized spacial score (nSPS) is 19.4. The Labute approximate surface area is 263 Å². The van der Waals surface area contributed by atoms with Crippen molar-refractivity contribution in [1.29, 1.82) is 0 Å². The number of aromatic nitrogens is 3. The largest absolute Gasteiger partial charge is 0.408 e. The lowest BCUT2D eigenvalue weighted by atomic mass is 9.98. The van der Waals surface area contributed by atoms with Gasteiger partial charge in [-0.1, -0.05) is 29.3 Å². The Hall–Kier alpha value is -4.03. The first kappa shape index (κ1) is 31.0. The molecule has 6 rings (SSSR count). The minimum atomic E-state index is -4.67. The van der Waals surface area contributed by atoms with Gasteiger partial charge in [0, 0.05) is 34.3 Å². The zero-order valence-corrected chi connectivity index (χ0v) is 25.2. The first-order chi connectivity index (χ1) is 21.2. The summed E-state index contributed by atoms with van der Waals surface area (Å²) in [5, 5.41) is 10.0. The first-order valence-corrected chi connectivity index (χ1v) is 14.6. The zero-order chi connectivity index (χ0) is 32.5. The highest BCUT2D eigenvalue weighted by molar-refractivity contribution is 6.31. The molecule has 2 aliphatic rings. The van der Waals surface area contributed by atoms with E-state index in [1.165, 1.54) is 31.6 Å². The van der Waals surface area contributed by atoms with E-state index in [1.807, 2.05) is 0 Å². The van der Waals surface area contributed by atoms with Crippen molar-refractivity contribution in [3.63, 3.8) is 0 Å². The molecular weight excluding hydrogens is 642 g/mol. The highest BCUT2D eigenvalue weighted by atomic mass is 35.5. The molecule has 1 N–H and O–H groups in total. The Balaban J connectivity index is 1.38. The molecule has 1 aromatic carbocycles. The molecule has 1 saturated carbocycles. The van der Waals surface area contributed by atoms with Gasteiger partial charge in [0.1, 0.15) is 27.6 Å². The second kappa shape index (κ2) is 11.1. The van der Waals surface area contributed by atoms with E-state index in [1.54, 1.807) is 19.1 Å². The maximum Gasteiger partial charge on any atom is 0.408 e. The van der Waals surface area contributed by atoms with Crippen LogP contribution in [0, 0.1) is 25.5 Å². The fourth-order valence-electron chi connectivity index (χ4n) is 5.97. The molecule has 0 radical (unpaired) electrons. The molecule has 4 aromatic rings. The minimum Gasteiger partial charge on any atom is -0.326 e. The van der Waals surface area contributed by atoms with Gasteiger partial charge in [-0.15, -0.1) is 0 Å². The van der Waals surface area contributed by atoms with Gasteiger partial charge in [0.05, 0.1) is 11.3 Å². The first-order valence-electron chi connectivity index (χ1n) is 13.8. The monoisotopic (exact) mass is 665 g/mol. The lowest BCUT2D eigenvalue weighted by molar-refractivity contribution is -0.905. The molecular formula is C31H24Cl2F5N4O3+. The predicted molar refractivity (Wildman–Crippen MR) is 154 cm³/mol. The minimum absolute atomic E-state index is 0.0686. The van der Waals surface area contributed by atoms with Crippen molar-refractivity contribution in [2.75, 3.05) is 6.54 Å². The summed E-state index contributed by atoms with van der Waals surface area (Å²) in [5.41, 5.74) is -0.773. The predicted octanol–water partition coefficient (Wildman–Crippen LogP) is 6.67. The Kier molecular flexibility index (Phi) is 7.64. The number of halogens is 7. The number of likely N-dealkylation sites (tertiary alicyclic amines) is 1. The number of rotatable bonds is 5. The summed E-state index contributed by atoms with van der Waals surface area (Å²) < 4.78 is 73.7. The van der Waals surface area contributed by atoms with E-state index in [2.05, 4.69) is 4.98 Å². The Morgan fingerprint density at radius 1 is 1.09 bits per heavy atom. The number of carbonyl (C=O) groups is 1. The van der Waals surface area contributed by atoms with Gasteiger partial charge in [0.2, 0.25) is 12.4 Å². The molecule has 4 heterocycles. The summed E-state index contributed by atoms with van der Waals surface area (Å²) in [5.74, 6) is -3.72. The van der Waals surface area contributed by atoms with Crippen molar-refractivity contribution >= 4 is 29.1 Å². The summed E-state index contributed by atoms with van der Waals surface area (Å²) >= 11 is 12.6. The van der Waals surface area contributed by atoms with Crippen molar-refractivity contribution < 1.29 is 36.7 Å². The van der Waals surface area contributed by atoms with Crippen LogP contribution >= 0.6 is 23.2 Å². The lowest BCUT2D eigenvalue weighted by Crippen LogP contribution is -2.58. The third-order valence-electron chi connectivity index (χ3n) is 8.36. The molecule has 7 nitrogen and oxygen atoms in total. The molecule has 3 atom stereocenters. The van der Waals surface area contributed by atoms with Crippen LogP contribution in [-0.2, 0) is 0 Å². The van der Waals surface area contributed by atoms with Crippen LogP contribution in [0.5, 0.6) is 0 Å². The number of hydrogen-bond acceptors (Lipinski definition) is 4. The number of amides is 1. The van der Waals surface area contributed by atoms with E-state index in [0.29, 0.717) is 27.6 Å². The van der Waals surface area contributed by atoms with E-state index in [0.717, 1.165) is 27.0 Å². The van der Waals surface area contributed by atoms with Gasteiger partial charge in [-0.05, 0) is 73.9 Å². The maximum atomic E-state index is 16.3. The van der Waals surface area contributed by atoms with Crippen molar-refractivity contribution in [2.45, 2.75) is 50.7 Å². The van der Waals surface area contributed by atoms with Crippen LogP contribution in [0.2, 0.25) is 10.0 Å². The van der Waals surface area contributed by atoms with E-state index in [-0.39, 0.29) is 41.1 Å². The average molecular weight is 666 g/mol. The van der Waals surface area contributed by atoms with Gasteiger partial charge in [-0.3, -0.25) is 24.3 Å². The van der Waals surface area contributed by atoms with Crippen molar-refractivity contribution in [1.82, 2.24) is 14.5 Å². The third kappa shape index (κ3) is 5.33. The smallest absolute Gasteiger partial charge is 0.326 e. The van der Waals surface area contributed by atoms with Gasteiger partial charge in [0.15, 0.2) is 5.82 Å². The summed E-state index contributed by atoms with van der Waals surface area (Å²) in [6.45, 7) is 2.89. The SMILES string of the molecule is Cc1cnc(-c2cccc(C(=O)N3CC[C@@H]3C(F)(F)F)c2F)c(F)c1-n1c(C)cc([C@H]2C[C@@H]2c2cc(Cl)c[n+](O)c2)c(Cl)c1=O. The van der Waals surface area contributed by atoms with Gasteiger partial charge < -0.3 is 4.90 Å². The maximum absolute atomic E-state index is 16.3. The molecule has 234 valence electrons. The van der Waals surface area contributed by atoms with E-state index in [4.69, 9.17) is 23.2 Å². The molecule has 2 fully saturated rings. The summed E-state index contributed by atoms with van der Waals surface area (Å²) in [4.78, 5) is 31.1. The van der Waals surface area contributed by atoms with Crippen molar-refractivity contribution in [3.8, 4) is 16.9 Å². The van der Waals surface area contributed by atoms with Crippen LogP contribution in [0.3, 0.4) is 0 Å². The highest BCUT2D eigenvalue weighted by Crippen LogP contribution is 2.56. The van der Waals surface area contributed by atoms with E-state index >= 15 is 8.78 Å². The number of carbonyl (C=O) groups excluding carboxylic acids is 1. The molecule has 0 bridgehead atoms. The number of aryl methyl sites for hydroxylation is 2. The molecule has 0 spiro atoms. The summed E-state index contributed by atoms with van der Waals surface area (Å²) in [7, 11) is 0. The Bertz CT molecular complexity index is 1930. The lowest BCUT2D eigenvalue weighted by Gasteiger charge is -2.41. The fourth-order valence-corrected chi connectivity index (χ4v) is 6.48. The van der Waals surface area contributed by atoms with Gasteiger partial charge in [-0.2, -0.15) is 13.2 Å². The van der Waals surface area contributed by atoms with Gasteiger partial charge >= 0.3 is 6.18 Å². The van der Waals surface area contributed by atoms with Crippen LogP contribution in [-0.4, -0.2) is 44.3 Å². The van der Waals surface area contributed by atoms with Gasteiger partial charge in [-0.25, -0.2) is 8.78 Å². The molecule has 0 unspecified atom stereocenters. The van der Waals surface area contributed by atoms with Crippen molar-refractivity contribution in [3.05, 3.63) is 109 Å². The number of alkyl halides is 3. The number of nitrogens with zero attached hydrogens (tertiary/aromatic N) is 4. The number of pyridine rings is 3. The summed E-state index contributed by atoms with van der Waals surface area (Å²) in [6, 6.07) is 4.74. The molecule has 1 amide bonds. The topological polar surface area (TPSA) is 79.3 Å². The van der Waals surface area contributed by atoms with E-state index in [9.17, 15) is 28.0 Å². The second-order valence-electron chi connectivity index (χ2n) is 11.3. The van der Waals surface area contributed by atoms with Crippen LogP contribution in [0.4, 0.5) is 22.0 Å². The molecule has 3 aromatic heterocycles. The molecule has 45 heavy (non-hydrogen) atoms. The standard InChI is InChI=1S/C31H24Cl2F5N4O3/c1-14-11-39-27(18-4-3-5-19(25(18)34)29(43)41-7-6-23(41)31(36,37)38)26(35)28(14)42-15(2)8-22(24(33)30(42)44)21-10-20(21)16-9-17(32)13-40(45)12-16/h3-5,8-9,11-13,20-21,23,45H,6-7,10H2,1-2H3/q+1/t20-,21+,23-/m1/s1. The molecule has 14 heteroatoms. The highest BCUT2D eigenvalue weighted by Gasteiger charge is 2.51. The number of benzene rings is 1. The Morgan fingerprint density at radius 2 is 1.82 bits per heavy atom. The van der Waals surface area contributed by atoms with E-state index < -0.39 is 52.1 Å². The molecule has 1 aliphatic heterocycles. The van der Waals surface area contributed by atoms with Crippen LogP contribution in [0.25, 0.3) is 16.9 Å².